The third-order valence-corrected chi connectivity index (χ3v) is 5.57. The topological polar surface area (TPSA) is 62.6 Å². The third kappa shape index (κ3) is 4.53. The predicted molar refractivity (Wildman–Crippen MR) is 109 cm³/mol. The maximum Gasteiger partial charge on any atom is 0.269 e. The van der Waals surface area contributed by atoms with Crippen LogP contribution in [0.2, 0.25) is 0 Å². The van der Waals surface area contributed by atoms with Crippen LogP contribution >= 0.6 is 23.5 Å². The van der Waals surface area contributed by atoms with Gasteiger partial charge in [0.15, 0.2) is 0 Å². The maximum absolute atomic E-state index is 13.0. The third-order valence-electron chi connectivity index (χ3n) is 3.28. The molecular weight excluding hydrogens is 366 g/mol. The Morgan fingerprint density at radius 3 is 2.46 bits per heavy atom. The molecular formula is C19H21N3O2S2. The predicted octanol–water partition coefficient (Wildman–Crippen LogP) is 4.40. The minimum absolute atomic E-state index is 0.302. The molecule has 0 saturated carbocycles. The van der Waals surface area contributed by atoms with Crippen molar-refractivity contribution in [3.63, 3.8) is 0 Å². The normalized spacial score (nSPS) is 16.2. The summed E-state index contributed by atoms with van der Waals surface area (Å²) in [5, 5.41) is 1.28. The number of pyridine rings is 1. The molecule has 1 aliphatic heterocycles. The van der Waals surface area contributed by atoms with Gasteiger partial charge < -0.3 is 0 Å². The molecule has 0 aromatic carbocycles. The number of carbonyl (C=O) groups excluding carboxylic acids is 2. The quantitative estimate of drug-likeness (QED) is 0.535. The van der Waals surface area contributed by atoms with Gasteiger partial charge in [0.25, 0.3) is 11.8 Å². The van der Waals surface area contributed by atoms with Crippen LogP contribution in [0.5, 0.6) is 0 Å². The Labute approximate surface area is 162 Å². The van der Waals surface area contributed by atoms with Gasteiger partial charge in [-0.05, 0) is 39.8 Å². The van der Waals surface area contributed by atoms with Crippen LogP contribution in [0.25, 0.3) is 0 Å². The van der Waals surface area contributed by atoms with Gasteiger partial charge in [-0.25, -0.2) is 9.98 Å². The van der Waals surface area contributed by atoms with Crippen molar-refractivity contribution in [2.24, 2.45) is 4.99 Å². The number of aliphatic imine (C=N–C) groups is 1. The van der Waals surface area contributed by atoms with Crippen molar-refractivity contribution < 1.29 is 9.59 Å². The number of carbonyl (C=O) groups is 2. The van der Waals surface area contributed by atoms with E-state index in [-0.39, 0.29) is 11.8 Å². The summed E-state index contributed by atoms with van der Waals surface area (Å²) < 4.78 is 0. The monoisotopic (exact) mass is 387 g/mol. The molecule has 7 heteroatoms. The van der Waals surface area contributed by atoms with Crippen LogP contribution < -0.4 is 0 Å². The van der Waals surface area contributed by atoms with Gasteiger partial charge in [0.1, 0.15) is 5.03 Å². The summed E-state index contributed by atoms with van der Waals surface area (Å²) in [6.07, 6.45) is 6.56. The van der Waals surface area contributed by atoms with Gasteiger partial charge in [0.2, 0.25) is 0 Å². The smallest absolute Gasteiger partial charge is 0.268 e. The van der Waals surface area contributed by atoms with E-state index < -0.39 is 5.54 Å². The Morgan fingerprint density at radius 1 is 1.23 bits per heavy atom. The summed E-state index contributed by atoms with van der Waals surface area (Å²) in [7, 11) is 0. The fraction of sp³-hybridized carbons (Fsp3) is 0.263. The first-order valence-corrected chi connectivity index (χ1v) is 9.64. The number of rotatable bonds is 6. The Bertz CT molecular complexity index is 806. The molecule has 2 rings (SSSR count). The largest absolute Gasteiger partial charge is 0.269 e. The van der Waals surface area contributed by atoms with Gasteiger partial charge >= 0.3 is 0 Å². The van der Waals surface area contributed by atoms with Crippen molar-refractivity contribution in [1.29, 1.82) is 0 Å². The molecule has 2 amide bonds. The van der Waals surface area contributed by atoms with Crippen LogP contribution in [-0.4, -0.2) is 33.5 Å². The van der Waals surface area contributed by atoms with Crippen molar-refractivity contribution in [1.82, 2.24) is 9.88 Å². The van der Waals surface area contributed by atoms with E-state index in [2.05, 4.69) is 16.6 Å². The number of thioether (sulfide) groups is 2. The van der Waals surface area contributed by atoms with Crippen LogP contribution in [0.15, 0.2) is 68.0 Å². The van der Waals surface area contributed by atoms with Gasteiger partial charge in [0.05, 0.1) is 14.8 Å². The number of aromatic nitrogens is 1. The Kier molecular flexibility index (Phi) is 6.61. The molecule has 0 atom stereocenters. The van der Waals surface area contributed by atoms with E-state index in [0.29, 0.717) is 19.9 Å². The van der Waals surface area contributed by atoms with E-state index in [1.165, 1.54) is 28.4 Å². The van der Waals surface area contributed by atoms with Crippen molar-refractivity contribution in [2.45, 2.75) is 38.3 Å². The summed E-state index contributed by atoms with van der Waals surface area (Å²) in [6.45, 7) is 11.0. The molecule has 136 valence electrons. The molecule has 0 saturated heterocycles. The first-order valence-electron chi connectivity index (χ1n) is 8.01. The molecule has 1 aromatic heterocycles. The lowest BCUT2D eigenvalue weighted by Crippen LogP contribution is -2.46. The Morgan fingerprint density at radius 2 is 1.92 bits per heavy atom. The summed E-state index contributed by atoms with van der Waals surface area (Å²) in [6, 6.07) is 5.46. The van der Waals surface area contributed by atoms with Crippen LogP contribution in [0.3, 0.4) is 0 Å². The van der Waals surface area contributed by atoms with Crippen LogP contribution in [-0.2, 0) is 9.59 Å². The summed E-state index contributed by atoms with van der Waals surface area (Å²) in [5.74, 6) is -0.608. The van der Waals surface area contributed by atoms with E-state index in [1.54, 1.807) is 30.6 Å². The highest BCUT2D eigenvalue weighted by Gasteiger charge is 2.45. The van der Waals surface area contributed by atoms with E-state index in [0.717, 1.165) is 0 Å². The minimum atomic E-state index is -0.618. The lowest BCUT2D eigenvalue weighted by molar-refractivity contribution is -0.142. The standard InChI is InChI=1S/C19H21N3O2S2/c1-6-11-20-13(7-2)25-15-16(26-14-10-8-9-12-21-14)18(24)22(17(15)23)19(3,4)5/h6-12H,1H2,2-5H3/b13-7+,20-11-. The Hall–Kier alpha value is -2.12. The van der Waals surface area contributed by atoms with Crippen LogP contribution in [0.1, 0.15) is 27.7 Å². The SMILES string of the molecule is C=C/C=N\C(=C/C)SC1=C(Sc2ccccn2)C(=O)N(C(C)(C)C)C1=O. The molecule has 0 N–H and O–H groups in total. The molecule has 2 heterocycles. The lowest BCUT2D eigenvalue weighted by Gasteiger charge is -2.30. The average molecular weight is 388 g/mol. The number of allylic oxidation sites excluding steroid dienone is 2. The number of hydrogen-bond donors (Lipinski definition) is 0. The molecule has 1 aromatic rings. The molecule has 1 aliphatic rings. The van der Waals surface area contributed by atoms with Crippen molar-refractivity contribution in [2.75, 3.05) is 0 Å². The molecule has 26 heavy (non-hydrogen) atoms. The summed E-state index contributed by atoms with van der Waals surface area (Å²) in [4.78, 5) is 36.5. The van der Waals surface area contributed by atoms with Gasteiger partial charge in [0, 0.05) is 18.0 Å². The second kappa shape index (κ2) is 8.51. The van der Waals surface area contributed by atoms with Gasteiger partial charge in [-0.15, -0.1) is 0 Å². The van der Waals surface area contributed by atoms with Crippen LogP contribution in [0.4, 0.5) is 0 Å². The second-order valence-electron chi connectivity index (χ2n) is 6.29. The lowest BCUT2D eigenvalue weighted by atomic mass is 10.1. The number of amides is 2. The van der Waals surface area contributed by atoms with Crippen molar-refractivity contribution in [3.05, 3.63) is 58.0 Å². The van der Waals surface area contributed by atoms with Crippen LogP contribution in [0, 0.1) is 0 Å². The average Bonchev–Trinajstić information content (AvgIpc) is 2.82. The minimum Gasteiger partial charge on any atom is -0.268 e. The van der Waals surface area contributed by atoms with Gasteiger partial charge in [-0.3, -0.25) is 14.5 Å². The highest BCUT2D eigenvalue weighted by Crippen LogP contribution is 2.43. The fourth-order valence-electron chi connectivity index (χ4n) is 2.18. The Balaban J connectivity index is 2.46. The fourth-order valence-corrected chi connectivity index (χ4v) is 4.06. The number of imide groups is 1. The highest BCUT2D eigenvalue weighted by atomic mass is 32.2. The molecule has 0 unspecified atom stereocenters. The van der Waals surface area contributed by atoms with Gasteiger partial charge in [-0.1, -0.05) is 48.3 Å². The molecule has 0 bridgehead atoms. The van der Waals surface area contributed by atoms with E-state index in [1.807, 2.05) is 39.8 Å². The zero-order chi connectivity index (χ0) is 19.3. The first-order chi connectivity index (χ1) is 12.3. The summed E-state index contributed by atoms with van der Waals surface area (Å²) in [5.41, 5.74) is -0.618. The van der Waals surface area contributed by atoms with E-state index in [4.69, 9.17) is 0 Å². The van der Waals surface area contributed by atoms with Crippen molar-refractivity contribution in [3.8, 4) is 0 Å². The first kappa shape index (κ1) is 20.2. The zero-order valence-electron chi connectivity index (χ0n) is 15.2. The zero-order valence-corrected chi connectivity index (χ0v) is 16.9. The number of hydrogen-bond acceptors (Lipinski definition) is 6. The maximum atomic E-state index is 13.0. The van der Waals surface area contributed by atoms with E-state index in [9.17, 15) is 9.59 Å². The second-order valence-corrected chi connectivity index (χ2v) is 8.35. The molecule has 0 radical (unpaired) electrons. The summed E-state index contributed by atoms with van der Waals surface area (Å²) >= 11 is 2.39. The van der Waals surface area contributed by atoms with Crippen molar-refractivity contribution >= 4 is 41.6 Å². The van der Waals surface area contributed by atoms with E-state index >= 15 is 0 Å². The number of nitrogens with zero attached hydrogens (tertiary/aromatic N) is 3. The molecule has 0 fully saturated rings. The highest BCUT2D eigenvalue weighted by molar-refractivity contribution is 8.10. The van der Waals surface area contributed by atoms with Gasteiger partial charge in [-0.2, -0.15) is 0 Å². The molecule has 0 aliphatic carbocycles. The molecule has 0 spiro atoms. The molecule has 5 nitrogen and oxygen atoms in total.